The third-order valence-electron chi connectivity index (χ3n) is 4.22. The van der Waals surface area contributed by atoms with Crippen LogP contribution in [-0.2, 0) is 4.74 Å². The Labute approximate surface area is 121 Å². The van der Waals surface area contributed by atoms with Crippen LogP contribution in [0, 0.1) is 5.92 Å². The highest BCUT2D eigenvalue weighted by Crippen LogP contribution is 2.38. The van der Waals surface area contributed by atoms with Gasteiger partial charge in [-0.15, -0.1) is 0 Å². The summed E-state index contributed by atoms with van der Waals surface area (Å²) < 4.78 is 11.9. The number of hydrogen-bond acceptors (Lipinski definition) is 3. The van der Waals surface area contributed by atoms with Crippen molar-refractivity contribution < 1.29 is 9.47 Å². The Hall–Kier alpha value is -1.06. The summed E-state index contributed by atoms with van der Waals surface area (Å²) in [5, 5.41) is 3.66. The van der Waals surface area contributed by atoms with E-state index in [9.17, 15) is 0 Å². The molecule has 2 atom stereocenters. The first kappa shape index (κ1) is 13.9. The van der Waals surface area contributed by atoms with E-state index in [0.29, 0.717) is 12.5 Å². The second-order valence-corrected chi connectivity index (χ2v) is 5.85. The first-order chi connectivity index (χ1) is 9.88. The molecular formula is C17H25NO2. The molecule has 1 saturated carbocycles. The minimum Gasteiger partial charge on any atom is -0.493 e. The van der Waals surface area contributed by atoms with Crippen LogP contribution in [0.3, 0.4) is 0 Å². The van der Waals surface area contributed by atoms with E-state index in [0.717, 1.165) is 24.9 Å². The van der Waals surface area contributed by atoms with E-state index in [1.807, 2.05) is 13.0 Å². The Morgan fingerprint density at radius 3 is 2.90 bits per heavy atom. The summed E-state index contributed by atoms with van der Waals surface area (Å²) in [6, 6.07) is 9.10. The van der Waals surface area contributed by atoms with Gasteiger partial charge in [-0.25, -0.2) is 0 Å². The second-order valence-electron chi connectivity index (χ2n) is 5.85. The van der Waals surface area contributed by atoms with Crippen molar-refractivity contribution in [2.45, 2.75) is 44.8 Å². The molecule has 0 bridgehead atoms. The first-order valence-corrected chi connectivity index (χ1v) is 7.95. The van der Waals surface area contributed by atoms with Gasteiger partial charge in [-0.3, -0.25) is 0 Å². The second kappa shape index (κ2) is 6.59. The summed E-state index contributed by atoms with van der Waals surface area (Å²) >= 11 is 0. The molecule has 1 aromatic carbocycles. The summed E-state index contributed by atoms with van der Waals surface area (Å²) in [6.07, 6.45) is 5.27. The fraction of sp³-hybridized carbons (Fsp3) is 0.647. The largest absolute Gasteiger partial charge is 0.493 e. The van der Waals surface area contributed by atoms with Gasteiger partial charge in [-0.05, 0) is 38.7 Å². The van der Waals surface area contributed by atoms with Gasteiger partial charge in [0.25, 0.3) is 0 Å². The van der Waals surface area contributed by atoms with Crippen LogP contribution >= 0.6 is 0 Å². The molecule has 0 spiro atoms. The highest BCUT2D eigenvalue weighted by atomic mass is 16.5. The van der Waals surface area contributed by atoms with Gasteiger partial charge in [0.2, 0.25) is 0 Å². The van der Waals surface area contributed by atoms with E-state index < -0.39 is 0 Å². The molecule has 1 saturated heterocycles. The molecule has 0 amide bonds. The minimum absolute atomic E-state index is 0.178. The Morgan fingerprint density at radius 1 is 1.25 bits per heavy atom. The zero-order chi connectivity index (χ0) is 13.8. The molecule has 0 radical (unpaired) electrons. The molecule has 1 N–H and O–H groups in total. The predicted molar refractivity (Wildman–Crippen MR) is 80.1 cm³/mol. The van der Waals surface area contributed by atoms with Crippen molar-refractivity contribution in [2.24, 2.45) is 5.92 Å². The zero-order valence-electron chi connectivity index (χ0n) is 12.3. The molecule has 2 aliphatic rings. The number of para-hydroxylation sites is 1. The topological polar surface area (TPSA) is 30.5 Å². The Morgan fingerprint density at radius 2 is 2.10 bits per heavy atom. The van der Waals surface area contributed by atoms with Crippen molar-refractivity contribution in [1.29, 1.82) is 0 Å². The quantitative estimate of drug-likeness (QED) is 0.864. The van der Waals surface area contributed by atoms with Gasteiger partial charge in [-0.2, -0.15) is 0 Å². The lowest BCUT2D eigenvalue weighted by Crippen LogP contribution is -2.33. The Bertz CT molecular complexity index is 431. The number of hydrogen-bond donors (Lipinski definition) is 1. The molecular weight excluding hydrogens is 250 g/mol. The maximum atomic E-state index is 6.10. The molecule has 3 heteroatoms. The van der Waals surface area contributed by atoms with E-state index in [4.69, 9.17) is 9.47 Å². The van der Waals surface area contributed by atoms with E-state index in [2.05, 4.69) is 23.5 Å². The van der Waals surface area contributed by atoms with E-state index in [-0.39, 0.29) is 6.10 Å². The molecule has 1 aliphatic heterocycles. The van der Waals surface area contributed by atoms with Crippen LogP contribution in [0.25, 0.3) is 0 Å². The smallest absolute Gasteiger partial charge is 0.125 e. The van der Waals surface area contributed by atoms with Crippen molar-refractivity contribution in [3.05, 3.63) is 29.8 Å². The van der Waals surface area contributed by atoms with E-state index in [1.54, 1.807) is 0 Å². The van der Waals surface area contributed by atoms with Gasteiger partial charge in [0.05, 0.1) is 12.7 Å². The summed E-state index contributed by atoms with van der Waals surface area (Å²) in [7, 11) is 0. The molecule has 2 unspecified atom stereocenters. The standard InChI is InChI=1S/C17H25NO2/c1-2-19-16-8-4-3-7-15(16)17-13(6-5-11-20-17)12-18-14-9-10-14/h3-4,7-8,13-14,17-18H,2,5-6,9-12H2,1H3. The van der Waals surface area contributed by atoms with Crippen molar-refractivity contribution in [3.8, 4) is 5.75 Å². The molecule has 20 heavy (non-hydrogen) atoms. The van der Waals surface area contributed by atoms with Crippen molar-refractivity contribution in [1.82, 2.24) is 5.32 Å². The molecule has 110 valence electrons. The Balaban J connectivity index is 1.73. The maximum Gasteiger partial charge on any atom is 0.125 e. The van der Waals surface area contributed by atoms with Gasteiger partial charge in [-0.1, -0.05) is 18.2 Å². The zero-order valence-corrected chi connectivity index (χ0v) is 12.3. The Kier molecular flexibility index (Phi) is 4.58. The SMILES string of the molecule is CCOc1ccccc1C1OCCCC1CNC1CC1. The fourth-order valence-corrected chi connectivity index (χ4v) is 3.00. The molecule has 2 fully saturated rings. The normalized spacial score (nSPS) is 26.4. The van der Waals surface area contributed by atoms with Crippen molar-refractivity contribution in [3.63, 3.8) is 0 Å². The van der Waals surface area contributed by atoms with Crippen LogP contribution in [0.5, 0.6) is 5.75 Å². The van der Waals surface area contributed by atoms with Gasteiger partial charge < -0.3 is 14.8 Å². The molecule has 3 rings (SSSR count). The molecule has 1 heterocycles. The van der Waals surface area contributed by atoms with Crippen LogP contribution in [0.15, 0.2) is 24.3 Å². The summed E-state index contributed by atoms with van der Waals surface area (Å²) in [5.74, 6) is 1.55. The van der Waals surface area contributed by atoms with Gasteiger partial charge in [0.15, 0.2) is 0 Å². The summed E-state index contributed by atoms with van der Waals surface area (Å²) in [5.41, 5.74) is 1.22. The van der Waals surface area contributed by atoms with E-state index >= 15 is 0 Å². The minimum atomic E-state index is 0.178. The molecule has 0 aromatic heterocycles. The van der Waals surface area contributed by atoms with Gasteiger partial charge >= 0.3 is 0 Å². The number of benzene rings is 1. The highest BCUT2D eigenvalue weighted by Gasteiger charge is 2.31. The lowest BCUT2D eigenvalue weighted by Gasteiger charge is -2.33. The van der Waals surface area contributed by atoms with Gasteiger partial charge in [0.1, 0.15) is 5.75 Å². The van der Waals surface area contributed by atoms with Crippen LogP contribution in [0.1, 0.15) is 44.3 Å². The average molecular weight is 275 g/mol. The third kappa shape index (κ3) is 3.33. The van der Waals surface area contributed by atoms with Crippen LogP contribution in [0.2, 0.25) is 0 Å². The third-order valence-corrected chi connectivity index (χ3v) is 4.22. The predicted octanol–water partition coefficient (Wildman–Crippen LogP) is 3.31. The lowest BCUT2D eigenvalue weighted by molar-refractivity contribution is -0.0291. The van der Waals surface area contributed by atoms with Crippen molar-refractivity contribution >= 4 is 0 Å². The maximum absolute atomic E-state index is 6.10. The summed E-state index contributed by atoms with van der Waals surface area (Å²) in [6.45, 7) is 4.67. The fourth-order valence-electron chi connectivity index (χ4n) is 3.00. The van der Waals surface area contributed by atoms with Crippen molar-refractivity contribution in [2.75, 3.05) is 19.8 Å². The number of ether oxygens (including phenoxy) is 2. The van der Waals surface area contributed by atoms with Crippen LogP contribution < -0.4 is 10.1 Å². The lowest BCUT2D eigenvalue weighted by atomic mass is 9.89. The van der Waals surface area contributed by atoms with Crippen LogP contribution in [-0.4, -0.2) is 25.8 Å². The molecule has 1 aliphatic carbocycles. The number of nitrogens with one attached hydrogen (secondary N) is 1. The monoisotopic (exact) mass is 275 g/mol. The van der Waals surface area contributed by atoms with Crippen LogP contribution in [0.4, 0.5) is 0 Å². The first-order valence-electron chi connectivity index (χ1n) is 7.95. The highest BCUT2D eigenvalue weighted by molar-refractivity contribution is 5.35. The average Bonchev–Trinajstić information content (AvgIpc) is 3.31. The number of rotatable bonds is 6. The molecule has 1 aromatic rings. The van der Waals surface area contributed by atoms with E-state index in [1.165, 1.54) is 31.2 Å². The molecule has 3 nitrogen and oxygen atoms in total. The van der Waals surface area contributed by atoms with Gasteiger partial charge in [0, 0.05) is 30.7 Å². The summed E-state index contributed by atoms with van der Waals surface area (Å²) in [4.78, 5) is 0.